The third-order valence-electron chi connectivity index (χ3n) is 3.62. The summed E-state index contributed by atoms with van der Waals surface area (Å²) in [5.74, 6) is -0.921. The highest BCUT2D eigenvalue weighted by atomic mass is 16.4. The van der Waals surface area contributed by atoms with Crippen molar-refractivity contribution in [3.63, 3.8) is 0 Å². The molecule has 1 amide bonds. The molecule has 1 aliphatic heterocycles. The quantitative estimate of drug-likeness (QED) is 0.724. The number of carboxylic acids is 1. The molecule has 1 aromatic rings. The largest absolute Gasteiger partial charge is 0.481 e. The Morgan fingerprint density at radius 3 is 2.85 bits per heavy atom. The molecule has 0 bridgehead atoms. The average molecular weight is 278 g/mol. The molecule has 108 valence electrons. The molecule has 1 aromatic carbocycles. The number of rotatable bonds is 5. The van der Waals surface area contributed by atoms with Crippen LogP contribution in [0.1, 0.15) is 30.1 Å². The minimum absolute atomic E-state index is 0.0156. The van der Waals surface area contributed by atoms with E-state index in [0.717, 1.165) is 11.3 Å². The maximum absolute atomic E-state index is 11.6. The van der Waals surface area contributed by atoms with Gasteiger partial charge in [-0.05, 0) is 23.6 Å². The number of aliphatic hydroxyl groups is 1. The molecule has 0 aromatic heterocycles. The highest BCUT2D eigenvalue weighted by Crippen LogP contribution is 2.31. The number of aliphatic carboxylic acids is 1. The molecule has 4 N–H and O–H groups in total. The number of benzene rings is 1. The summed E-state index contributed by atoms with van der Waals surface area (Å²) in [5.41, 5.74) is 8.12. The summed E-state index contributed by atoms with van der Waals surface area (Å²) in [4.78, 5) is 23.7. The van der Waals surface area contributed by atoms with Crippen molar-refractivity contribution in [2.75, 3.05) is 11.9 Å². The van der Waals surface area contributed by atoms with E-state index < -0.39 is 18.1 Å². The fraction of sp³-hybridized carbons (Fsp3) is 0.429. The monoisotopic (exact) mass is 278 g/mol. The lowest BCUT2D eigenvalue weighted by atomic mass is 9.97. The number of hydrogen-bond acceptors (Lipinski definition) is 4. The maximum atomic E-state index is 11.6. The van der Waals surface area contributed by atoms with Crippen molar-refractivity contribution in [2.24, 2.45) is 5.73 Å². The highest BCUT2D eigenvalue weighted by Gasteiger charge is 2.26. The summed E-state index contributed by atoms with van der Waals surface area (Å²) < 4.78 is 0. The Labute approximate surface area is 116 Å². The van der Waals surface area contributed by atoms with Crippen molar-refractivity contribution in [1.82, 2.24) is 0 Å². The molecule has 2 unspecified atom stereocenters. The molecule has 0 saturated heterocycles. The molecule has 6 nitrogen and oxygen atoms in total. The van der Waals surface area contributed by atoms with Gasteiger partial charge in [0.1, 0.15) is 0 Å². The van der Waals surface area contributed by atoms with Gasteiger partial charge in [-0.25, -0.2) is 0 Å². The van der Waals surface area contributed by atoms with Gasteiger partial charge in [-0.15, -0.1) is 0 Å². The Hall–Kier alpha value is -1.92. The number of nitrogens with two attached hydrogens (primary N) is 1. The number of fused-ring (bicyclic) bond motifs is 1. The summed E-state index contributed by atoms with van der Waals surface area (Å²) in [6.45, 7) is 0. The number of carboxylic acid groups (broad SMARTS) is 1. The van der Waals surface area contributed by atoms with E-state index >= 15 is 0 Å². The molecule has 0 aliphatic carbocycles. The molecule has 0 fully saturated rings. The zero-order valence-corrected chi connectivity index (χ0v) is 11.2. The third kappa shape index (κ3) is 2.81. The van der Waals surface area contributed by atoms with Crippen LogP contribution in [0.5, 0.6) is 0 Å². The van der Waals surface area contributed by atoms with Crippen LogP contribution < -0.4 is 10.6 Å². The van der Waals surface area contributed by atoms with Crippen molar-refractivity contribution in [2.45, 2.75) is 31.4 Å². The standard InChI is InChI=1S/C14H18N2O4/c1-16-11-4-2-8(6-9(11)7-12(16)17)14(20)10(15)3-5-13(18)19/h2,4,6,10,14,20H,3,5,7,15H2,1H3,(H,18,19). The molecule has 20 heavy (non-hydrogen) atoms. The molecule has 2 rings (SSSR count). The minimum atomic E-state index is -0.936. The first-order valence-electron chi connectivity index (χ1n) is 6.45. The first-order valence-corrected chi connectivity index (χ1v) is 6.45. The number of nitrogens with zero attached hydrogens (tertiary/aromatic N) is 1. The van der Waals surface area contributed by atoms with Crippen LogP contribution in [0.3, 0.4) is 0 Å². The molecule has 0 spiro atoms. The molecular weight excluding hydrogens is 260 g/mol. The Morgan fingerprint density at radius 1 is 1.50 bits per heavy atom. The molecule has 1 aliphatic rings. The first kappa shape index (κ1) is 14.5. The minimum Gasteiger partial charge on any atom is -0.481 e. The van der Waals surface area contributed by atoms with Crippen LogP contribution in [0.2, 0.25) is 0 Å². The lowest BCUT2D eigenvalue weighted by Crippen LogP contribution is -2.29. The number of amides is 1. The van der Waals surface area contributed by atoms with Crippen molar-refractivity contribution < 1.29 is 19.8 Å². The van der Waals surface area contributed by atoms with Crippen molar-refractivity contribution in [3.8, 4) is 0 Å². The van der Waals surface area contributed by atoms with Crippen molar-refractivity contribution in [1.29, 1.82) is 0 Å². The van der Waals surface area contributed by atoms with Crippen molar-refractivity contribution in [3.05, 3.63) is 29.3 Å². The molecule has 1 heterocycles. The molecule has 0 radical (unpaired) electrons. The fourth-order valence-corrected chi connectivity index (χ4v) is 2.37. The third-order valence-corrected chi connectivity index (χ3v) is 3.62. The molecule has 2 atom stereocenters. The van der Waals surface area contributed by atoms with Gasteiger partial charge in [-0.1, -0.05) is 12.1 Å². The number of carbonyl (C=O) groups excluding carboxylic acids is 1. The molecular formula is C14H18N2O4. The zero-order chi connectivity index (χ0) is 14.9. The van der Waals surface area contributed by atoms with Gasteiger partial charge in [0.05, 0.1) is 12.5 Å². The van der Waals surface area contributed by atoms with Gasteiger partial charge in [0, 0.05) is 25.2 Å². The number of carbonyl (C=O) groups is 2. The van der Waals surface area contributed by atoms with Crippen LogP contribution in [0.25, 0.3) is 0 Å². The summed E-state index contributed by atoms with van der Waals surface area (Å²) in [7, 11) is 1.71. The van der Waals surface area contributed by atoms with Crippen LogP contribution in [-0.4, -0.2) is 35.2 Å². The van der Waals surface area contributed by atoms with E-state index in [4.69, 9.17) is 10.8 Å². The van der Waals surface area contributed by atoms with E-state index in [1.807, 2.05) is 0 Å². The van der Waals surface area contributed by atoms with Gasteiger partial charge in [-0.2, -0.15) is 0 Å². The average Bonchev–Trinajstić information content (AvgIpc) is 2.70. The summed E-state index contributed by atoms with van der Waals surface area (Å²) in [6, 6.07) is 4.63. The van der Waals surface area contributed by atoms with Gasteiger partial charge >= 0.3 is 5.97 Å². The van der Waals surface area contributed by atoms with Crippen LogP contribution >= 0.6 is 0 Å². The second-order valence-corrected chi connectivity index (χ2v) is 5.06. The lowest BCUT2D eigenvalue weighted by Gasteiger charge is -2.19. The number of likely N-dealkylation sites (N-methyl/N-ethyl adjacent to an activating group) is 1. The van der Waals surface area contributed by atoms with E-state index in [0.29, 0.717) is 12.0 Å². The van der Waals surface area contributed by atoms with E-state index in [-0.39, 0.29) is 18.7 Å². The second-order valence-electron chi connectivity index (χ2n) is 5.06. The smallest absolute Gasteiger partial charge is 0.303 e. The normalized spacial score (nSPS) is 16.9. The maximum Gasteiger partial charge on any atom is 0.303 e. The first-order chi connectivity index (χ1) is 9.40. The van der Waals surface area contributed by atoms with E-state index in [2.05, 4.69) is 0 Å². The van der Waals surface area contributed by atoms with Gasteiger partial charge in [0.15, 0.2) is 0 Å². The van der Waals surface area contributed by atoms with Gasteiger partial charge in [-0.3, -0.25) is 9.59 Å². The predicted molar refractivity (Wildman–Crippen MR) is 73.4 cm³/mol. The van der Waals surface area contributed by atoms with Gasteiger partial charge in [0.25, 0.3) is 0 Å². The summed E-state index contributed by atoms with van der Waals surface area (Å²) in [5, 5.41) is 18.8. The lowest BCUT2D eigenvalue weighted by molar-refractivity contribution is -0.137. The molecule has 0 saturated carbocycles. The van der Waals surface area contributed by atoms with E-state index in [9.17, 15) is 14.7 Å². The van der Waals surface area contributed by atoms with E-state index in [1.165, 1.54) is 0 Å². The topological polar surface area (TPSA) is 104 Å². The van der Waals surface area contributed by atoms with Crippen LogP contribution in [0, 0.1) is 0 Å². The number of anilines is 1. The van der Waals surface area contributed by atoms with Gasteiger partial charge < -0.3 is 20.8 Å². The number of hydrogen-bond donors (Lipinski definition) is 3. The van der Waals surface area contributed by atoms with Gasteiger partial charge in [0.2, 0.25) is 5.91 Å². The highest BCUT2D eigenvalue weighted by molar-refractivity contribution is 6.00. The Morgan fingerprint density at radius 2 is 2.20 bits per heavy atom. The van der Waals surface area contributed by atoms with E-state index in [1.54, 1.807) is 30.1 Å². The van der Waals surface area contributed by atoms with Crippen molar-refractivity contribution >= 4 is 17.6 Å². The van der Waals surface area contributed by atoms with Crippen LogP contribution in [0.15, 0.2) is 18.2 Å². The molecule has 6 heteroatoms. The fourth-order valence-electron chi connectivity index (χ4n) is 2.37. The van der Waals surface area contributed by atoms with Crippen LogP contribution in [0.4, 0.5) is 5.69 Å². The Balaban J connectivity index is 2.12. The number of aliphatic hydroxyl groups excluding tert-OH is 1. The van der Waals surface area contributed by atoms with Crippen LogP contribution in [-0.2, 0) is 16.0 Å². The zero-order valence-electron chi connectivity index (χ0n) is 11.2. The summed E-state index contributed by atoms with van der Waals surface area (Å²) >= 11 is 0. The predicted octanol–water partition coefficient (Wildman–Crippen LogP) is 0.431. The Kier molecular flexibility index (Phi) is 4.06. The summed E-state index contributed by atoms with van der Waals surface area (Å²) in [6.07, 6.45) is -0.492. The SMILES string of the molecule is CN1C(=O)Cc2cc(C(O)C(N)CCC(=O)O)ccc21. The Bertz CT molecular complexity index is 544. The second kappa shape index (κ2) is 5.60.